The molecule has 3 N–H and O–H groups in total. The molecule has 0 spiro atoms. The molecule has 5 heteroatoms. The van der Waals surface area contributed by atoms with Gasteiger partial charge in [0.2, 0.25) is 0 Å². The van der Waals surface area contributed by atoms with Crippen molar-refractivity contribution in [2.75, 3.05) is 16.0 Å². The van der Waals surface area contributed by atoms with Crippen molar-refractivity contribution in [3.05, 3.63) is 65.3 Å². The average Bonchev–Trinajstić information content (AvgIpc) is 2.78. The lowest BCUT2D eigenvalue weighted by molar-refractivity contribution is 1.26. The number of nitrogens with one attached hydrogen (secondary N) is 3. The molecule has 0 bridgehead atoms. The predicted molar refractivity (Wildman–Crippen MR) is 94.2 cm³/mol. The van der Waals surface area contributed by atoms with Crippen LogP contribution in [0.5, 0.6) is 0 Å². The lowest BCUT2D eigenvalue weighted by Gasteiger charge is -2.11. The first kappa shape index (κ1) is 13.9. The van der Waals surface area contributed by atoms with E-state index in [1.165, 1.54) is 5.56 Å². The monoisotopic (exact) mass is 315 g/mol. The van der Waals surface area contributed by atoms with Crippen LogP contribution in [-0.4, -0.2) is 5.11 Å². The molecule has 0 radical (unpaired) electrons. The van der Waals surface area contributed by atoms with Crippen LogP contribution in [0, 0.1) is 0 Å². The number of rotatable bonds is 2. The maximum Gasteiger partial charge on any atom is 0.175 e. The molecule has 106 valence electrons. The van der Waals surface area contributed by atoms with Gasteiger partial charge in [-0.3, -0.25) is 0 Å². The summed E-state index contributed by atoms with van der Waals surface area (Å²) in [5, 5.41) is 10.7. The molecule has 0 aromatic heterocycles. The summed E-state index contributed by atoms with van der Waals surface area (Å²) in [7, 11) is 0. The fourth-order valence-corrected chi connectivity index (χ4v) is 2.69. The number of halogens is 1. The van der Waals surface area contributed by atoms with Crippen molar-refractivity contribution in [2.45, 2.75) is 6.42 Å². The van der Waals surface area contributed by atoms with Crippen LogP contribution in [0.1, 0.15) is 5.56 Å². The van der Waals surface area contributed by atoms with Crippen LogP contribution in [-0.2, 0) is 6.42 Å². The van der Waals surface area contributed by atoms with Crippen LogP contribution in [0.25, 0.3) is 0 Å². The van der Waals surface area contributed by atoms with Crippen molar-refractivity contribution < 1.29 is 0 Å². The Hall–Kier alpha value is -2.04. The molecule has 1 aliphatic heterocycles. The highest BCUT2D eigenvalue weighted by molar-refractivity contribution is 7.80. The Balaban J connectivity index is 1.68. The van der Waals surface area contributed by atoms with Crippen molar-refractivity contribution in [2.24, 2.45) is 0 Å². The van der Waals surface area contributed by atoms with E-state index in [4.69, 9.17) is 23.8 Å². The van der Waals surface area contributed by atoms with Gasteiger partial charge in [0, 0.05) is 34.2 Å². The zero-order chi connectivity index (χ0) is 14.8. The van der Waals surface area contributed by atoms with Gasteiger partial charge in [0.15, 0.2) is 5.11 Å². The summed E-state index contributed by atoms with van der Waals surface area (Å²) < 4.78 is 0. The SMILES string of the molecule is C=C1Cc2cc(NC(=S)Nc3cccc(Cl)c3)ccc2N1. The molecule has 2 aromatic rings. The summed E-state index contributed by atoms with van der Waals surface area (Å²) in [5.41, 5.74) is 5.15. The van der Waals surface area contributed by atoms with Gasteiger partial charge in [-0.1, -0.05) is 24.2 Å². The minimum Gasteiger partial charge on any atom is -0.359 e. The second-order valence-corrected chi connectivity index (χ2v) is 5.71. The molecule has 0 saturated heterocycles. The number of benzene rings is 2. The van der Waals surface area contributed by atoms with Gasteiger partial charge in [-0.15, -0.1) is 0 Å². The minimum atomic E-state index is 0.530. The molecule has 0 aliphatic carbocycles. The lowest BCUT2D eigenvalue weighted by Crippen LogP contribution is -2.19. The van der Waals surface area contributed by atoms with Crippen molar-refractivity contribution in [1.82, 2.24) is 0 Å². The van der Waals surface area contributed by atoms with E-state index in [9.17, 15) is 0 Å². The minimum absolute atomic E-state index is 0.530. The number of allylic oxidation sites excluding steroid dienone is 1. The zero-order valence-electron chi connectivity index (χ0n) is 11.2. The quantitative estimate of drug-likeness (QED) is 0.706. The summed E-state index contributed by atoms with van der Waals surface area (Å²) in [5.74, 6) is 0. The molecule has 3 rings (SSSR count). The highest BCUT2D eigenvalue weighted by atomic mass is 35.5. The fourth-order valence-electron chi connectivity index (χ4n) is 2.26. The van der Waals surface area contributed by atoms with Gasteiger partial charge in [-0.05, 0) is 54.2 Å². The number of fused-ring (bicyclic) bond motifs is 1. The van der Waals surface area contributed by atoms with Crippen molar-refractivity contribution >= 4 is 46.0 Å². The van der Waals surface area contributed by atoms with Gasteiger partial charge in [-0.2, -0.15) is 0 Å². The maximum absolute atomic E-state index is 5.95. The molecule has 0 atom stereocenters. The number of hydrogen-bond donors (Lipinski definition) is 3. The van der Waals surface area contributed by atoms with Crippen LogP contribution >= 0.6 is 23.8 Å². The largest absolute Gasteiger partial charge is 0.359 e. The number of anilines is 3. The Morgan fingerprint density at radius 1 is 1.14 bits per heavy atom. The van der Waals surface area contributed by atoms with Crippen molar-refractivity contribution in [3.8, 4) is 0 Å². The molecule has 1 heterocycles. The molecular weight excluding hydrogens is 302 g/mol. The van der Waals surface area contributed by atoms with E-state index in [1.54, 1.807) is 0 Å². The first-order valence-electron chi connectivity index (χ1n) is 6.51. The summed E-state index contributed by atoms with van der Waals surface area (Å²) in [4.78, 5) is 0. The summed E-state index contributed by atoms with van der Waals surface area (Å²) in [6.45, 7) is 3.94. The van der Waals surface area contributed by atoms with Crippen LogP contribution in [0.3, 0.4) is 0 Å². The molecule has 1 aliphatic rings. The van der Waals surface area contributed by atoms with Gasteiger partial charge in [0.25, 0.3) is 0 Å². The fraction of sp³-hybridized carbons (Fsp3) is 0.0625. The highest BCUT2D eigenvalue weighted by Gasteiger charge is 2.13. The molecule has 0 amide bonds. The van der Waals surface area contributed by atoms with Crippen LogP contribution in [0.4, 0.5) is 17.1 Å². The third-order valence-corrected chi connectivity index (χ3v) is 3.60. The number of thiocarbonyl (C=S) groups is 1. The Morgan fingerprint density at radius 3 is 2.67 bits per heavy atom. The van der Waals surface area contributed by atoms with Gasteiger partial charge >= 0.3 is 0 Å². The molecule has 0 fully saturated rings. The number of hydrogen-bond acceptors (Lipinski definition) is 2. The van der Waals surface area contributed by atoms with Gasteiger partial charge in [0.1, 0.15) is 0 Å². The van der Waals surface area contributed by atoms with E-state index in [0.717, 1.165) is 29.2 Å². The first-order valence-corrected chi connectivity index (χ1v) is 7.30. The normalized spacial score (nSPS) is 12.5. The van der Waals surface area contributed by atoms with Gasteiger partial charge in [0.05, 0.1) is 0 Å². The lowest BCUT2D eigenvalue weighted by atomic mass is 10.1. The second kappa shape index (κ2) is 5.76. The molecule has 21 heavy (non-hydrogen) atoms. The topological polar surface area (TPSA) is 36.1 Å². The average molecular weight is 316 g/mol. The molecule has 0 unspecified atom stereocenters. The van der Waals surface area contributed by atoms with E-state index in [0.29, 0.717) is 10.1 Å². The van der Waals surface area contributed by atoms with Crippen molar-refractivity contribution in [1.29, 1.82) is 0 Å². The zero-order valence-corrected chi connectivity index (χ0v) is 12.8. The van der Waals surface area contributed by atoms with E-state index < -0.39 is 0 Å². The first-order chi connectivity index (χ1) is 10.1. The standard InChI is InChI=1S/C16H14ClN3S/c1-10-7-11-8-14(5-6-15(11)18-10)20-16(21)19-13-4-2-3-12(17)9-13/h2-6,8-9,18H,1,7H2,(H2,19,20,21). The summed E-state index contributed by atoms with van der Waals surface area (Å²) in [6, 6.07) is 13.5. The maximum atomic E-state index is 5.95. The molecule has 0 saturated carbocycles. The van der Waals surface area contributed by atoms with E-state index in [2.05, 4.69) is 28.6 Å². The molecule has 2 aromatic carbocycles. The third-order valence-electron chi connectivity index (χ3n) is 3.16. The van der Waals surface area contributed by atoms with E-state index >= 15 is 0 Å². The predicted octanol–water partition coefficient (Wildman–Crippen LogP) is 4.63. The third kappa shape index (κ3) is 3.35. The van der Waals surface area contributed by atoms with Gasteiger partial charge < -0.3 is 16.0 Å². The van der Waals surface area contributed by atoms with Crippen LogP contribution in [0.15, 0.2) is 54.7 Å². The Morgan fingerprint density at radius 2 is 1.90 bits per heavy atom. The molecule has 3 nitrogen and oxygen atoms in total. The van der Waals surface area contributed by atoms with Crippen LogP contribution < -0.4 is 16.0 Å². The Bertz CT molecular complexity index is 727. The van der Waals surface area contributed by atoms with E-state index in [1.807, 2.05) is 36.4 Å². The van der Waals surface area contributed by atoms with Gasteiger partial charge in [-0.25, -0.2) is 0 Å². The second-order valence-electron chi connectivity index (χ2n) is 4.87. The summed E-state index contributed by atoms with van der Waals surface area (Å²) in [6.07, 6.45) is 0.847. The Kier molecular flexibility index (Phi) is 3.82. The molecular formula is C16H14ClN3S. The smallest absolute Gasteiger partial charge is 0.175 e. The summed E-state index contributed by atoms with van der Waals surface area (Å²) >= 11 is 11.3. The van der Waals surface area contributed by atoms with Crippen molar-refractivity contribution in [3.63, 3.8) is 0 Å². The Labute approximate surface area is 134 Å². The highest BCUT2D eigenvalue weighted by Crippen LogP contribution is 2.29. The van der Waals surface area contributed by atoms with E-state index in [-0.39, 0.29) is 0 Å². The van der Waals surface area contributed by atoms with Crippen LogP contribution in [0.2, 0.25) is 5.02 Å².